The molecule has 8 nitrogen and oxygen atoms in total. The van der Waals surface area contributed by atoms with Gasteiger partial charge < -0.3 is 4.90 Å². The highest BCUT2D eigenvalue weighted by Crippen LogP contribution is 2.27. The van der Waals surface area contributed by atoms with Crippen molar-refractivity contribution in [2.45, 2.75) is 23.6 Å². The van der Waals surface area contributed by atoms with Crippen LogP contribution in [0.5, 0.6) is 0 Å². The molecular formula is C26H28FN3O5S2. The molecule has 1 saturated heterocycles. The van der Waals surface area contributed by atoms with E-state index < -0.39 is 38.3 Å². The van der Waals surface area contributed by atoms with Gasteiger partial charge in [0.1, 0.15) is 12.4 Å². The number of carbonyl (C=O) groups excluding carboxylic acids is 1. The maximum absolute atomic E-state index is 14.7. The number of hydrogen-bond donors (Lipinski definition) is 0. The summed E-state index contributed by atoms with van der Waals surface area (Å²) >= 11 is 0. The summed E-state index contributed by atoms with van der Waals surface area (Å²) in [4.78, 5) is 14.7. The van der Waals surface area contributed by atoms with E-state index in [1.807, 2.05) is 13.8 Å². The molecule has 1 amide bonds. The average Bonchev–Trinajstić information content (AvgIpc) is 2.88. The first kappa shape index (κ1) is 26.8. The topological polar surface area (TPSA) is 95.1 Å². The molecule has 1 heterocycles. The highest BCUT2D eigenvalue weighted by molar-refractivity contribution is 7.92. The van der Waals surface area contributed by atoms with Gasteiger partial charge in [0.25, 0.3) is 10.0 Å². The van der Waals surface area contributed by atoms with E-state index in [1.165, 1.54) is 39.5 Å². The average molecular weight is 546 g/mol. The first-order valence-corrected chi connectivity index (χ1v) is 14.6. The molecule has 1 fully saturated rings. The second kappa shape index (κ2) is 10.6. The van der Waals surface area contributed by atoms with Crippen LogP contribution in [0.2, 0.25) is 0 Å². The van der Waals surface area contributed by atoms with Crippen LogP contribution in [0.3, 0.4) is 0 Å². The lowest BCUT2D eigenvalue weighted by Crippen LogP contribution is -2.53. The Bertz CT molecular complexity index is 1480. The van der Waals surface area contributed by atoms with Gasteiger partial charge in [0, 0.05) is 26.2 Å². The van der Waals surface area contributed by atoms with Crippen molar-refractivity contribution in [3.05, 3.63) is 89.7 Å². The van der Waals surface area contributed by atoms with Crippen molar-refractivity contribution in [3.8, 4) is 0 Å². The molecule has 0 spiro atoms. The van der Waals surface area contributed by atoms with Crippen LogP contribution in [-0.2, 0) is 24.8 Å². The molecule has 0 aromatic heterocycles. The van der Waals surface area contributed by atoms with Crippen LogP contribution in [0.1, 0.15) is 11.1 Å². The third kappa shape index (κ3) is 5.68. The van der Waals surface area contributed by atoms with Crippen molar-refractivity contribution in [1.82, 2.24) is 9.21 Å². The Morgan fingerprint density at radius 2 is 1.30 bits per heavy atom. The van der Waals surface area contributed by atoms with Crippen LogP contribution in [0, 0.1) is 19.7 Å². The van der Waals surface area contributed by atoms with Crippen LogP contribution in [0.15, 0.2) is 82.6 Å². The summed E-state index contributed by atoms with van der Waals surface area (Å²) in [5.74, 6) is -1.33. The Labute approximate surface area is 217 Å². The van der Waals surface area contributed by atoms with Gasteiger partial charge in [-0.2, -0.15) is 4.31 Å². The van der Waals surface area contributed by atoms with Gasteiger partial charge in [0.05, 0.1) is 15.5 Å². The van der Waals surface area contributed by atoms with Gasteiger partial charge in [-0.3, -0.25) is 9.10 Å². The lowest BCUT2D eigenvalue weighted by Gasteiger charge is -2.35. The van der Waals surface area contributed by atoms with Gasteiger partial charge in [0.2, 0.25) is 15.9 Å². The number of hydrogen-bond acceptors (Lipinski definition) is 5. The number of benzene rings is 3. The zero-order chi connectivity index (χ0) is 26.8. The Morgan fingerprint density at radius 3 is 1.84 bits per heavy atom. The monoisotopic (exact) mass is 545 g/mol. The second-order valence-electron chi connectivity index (χ2n) is 8.87. The SMILES string of the molecule is Cc1ccc(S(=O)(=O)N2CCN(C(=O)CN(c3ccccc3F)S(=O)(=O)c3ccc(C)cc3)CC2)cc1. The summed E-state index contributed by atoms with van der Waals surface area (Å²) in [6.45, 7) is 3.34. The second-order valence-corrected chi connectivity index (χ2v) is 12.7. The molecule has 1 aliphatic heterocycles. The molecule has 3 aromatic rings. The number of rotatable bonds is 7. The molecule has 0 unspecified atom stereocenters. The summed E-state index contributed by atoms with van der Waals surface area (Å²) in [7, 11) is -7.98. The maximum Gasteiger partial charge on any atom is 0.264 e. The van der Waals surface area contributed by atoms with Crippen molar-refractivity contribution in [2.75, 3.05) is 37.0 Å². The van der Waals surface area contributed by atoms with E-state index in [4.69, 9.17) is 0 Å². The molecule has 4 rings (SSSR count). The van der Waals surface area contributed by atoms with Crippen LogP contribution in [-0.4, -0.2) is 64.7 Å². The minimum absolute atomic E-state index is 0.0619. The molecule has 0 saturated carbocycles. The number of piperazine rings is 1. The number of nitrogens with zero attached hydrogens (tertiary/aromatic N) is 3. The van der Waals surface area contributed by atoms with Crippen LogP contribution in [0.4, 0.5) is 10.1 Å². The van der Waals surface area contributed by atoms with Crippen LogP contribution >= 0.6 is 0 Å². The third-order valence-corrected chi connectivity index (χ3v) is 9.95. The molecule has 0 aliphatic carbocycles. The predicted molar refractivity (Wildman–Crippen MR) is 139 cm³/mol. The normalized spacial score (nSPS) is 14.9. The minimum Gasteiger partial charge on any atom is -0.338 e. The van der Waals surface area contributed by atoms with E-state index in [0.717, 1.165) is 21.5 Å². The highest BCUT2D eigenvalue weighted by atomic mass is 32.2. The fourth-order valence-electron chi connectivity index (χ4n) is 4.05. The van der Waals surface area contributed by atoms with Gasteiger partial charge >= 0.3 is 0 Å². The largest absolute Gasteiger partial charge is 0.338 e. The summed E-state index contributed by atoms with van der Waals surface area (Å²) in [6, 6.07) is 18.0. The van der Waals surface area contributed by atoms with E-state index >= 15 is 0 Å². The quantitative estimate of drug-likeness (QED) is 0.455. The van der Waals surface area contributed by atoms with Crippen LogP contribution < -0.4 is 4.31 Å². The fourth-order valence-corrected chi connectivity index (χ4v) is 6.90. The molecule has 11 heteroatoms. The molecule has 0 bridgehead atoms. The third-order valence-electron chi connectivity index (χ3n) is 6.26. The number of amides is 1. The molecule has 196 valence electrons. The molecule has 0 N–H and O–H groups in total. The van der Waals surface area contributed by atoms with Crippen molar-refractivity contribution in [3.63, 3.8) is 0 Å². The molecule has 37 heavy (non-hydrogen) atoms. The van der Waals surface area contributed by atoms with E-state index in [2.05, 4.69) is 0 Å². The zero-order valence-electron chi connectivity index (χ0n) is 20.5. The molecular weight excluding hydrogens is 517 g/mol. The van der Waals surface area contributed by atoms with Crippen molar-refractivity contribution >= 4 is 31.6 Å². The number of para-hydroxylation sites is 1. The van der Waals surface area contributed by atoms with Gasteiger partial charge in [-0.15, -0.1) is 0 Å². The summed E-state index contributed by atoms with van der Waals surface area (Å²) in [5.41, 5.74) is 1.55. The molecule has 3 aromatic carbocycles. The first-order chi connectivity index (χ1) is 17.5. The van der Waals surface area contributed by atoms with Crippen molar-refractivity contribution in [2.24, 2.45) is 0 Å². The van der Waals surface area contributed by atoms with E-state index in [1.54, 1.807) is 36.4 Å². The molecule has 0 atom stereocenters. The minimum atomic E-state index is -4.26. The van der Waals surface area contributed by atoms with E-state index in [9.17, 15) is 26.0 Å². The van der Waals surface area contributed by atoms with E-state index in [0.29, 0.717) is 0 Å². The van der Waals surface area contributed by atoms with Gasteiger partial charge in [0.15, 0.2) is 0 Å². The predicted octanol–water partition coefficient (Wildman–Crippen LogP) is 3.17. The Morgan fingerprint density at radius 1 is 0.784 bits per heavy atom. The van der Waals surface area contributed by atoms with Gasteiger partial charge in [-0.1, -0.05) is 47.5 Å². The summed E-state index contributed by atoms with van der Waals surface area (Å²) in [5, 5.41) is 0. The lowest BCUT2D eigenvalue weighted by molar-refractivity contribution is -0.130. The van der Waals surface area contributed by atoms with Gasteiger partial charge in [-0.25, -0.2) is 21.2 Å². The molecule has 1 aliphatic rings. The van der Waals surface area contributed by atoms with Gasteiger partial charge in [-0.05, 0) is 50.2 Å². The van der Waals surface area contributed by atoms with Crippen LogP contribution in [0.25, 0.3) is 0 Å². The number of anilines is 1. The highest BCUT2D eigenvalue weighted by Gasteiger charge is 2.34. The fraction of sp³-hybridized carbons (Fsp3) is 0.269. The number of carbonyl (C=O) groups is 1. The summed E-state index contributed by atoms with van der Waals surface area (Å²) < 4.78 is 69.7. The lowest BCUT2D eigenvalue weighted by atomic mass is 10.2. The number of halogens is 1. The first-order valence-electron chi connectivity index (χ1n) is 11.7. The van der Waals surface area contributed by atoms with E-state index in [-0.39, 0.29) is 41.7 Å². The Hall–Kier alpha value is -3.28. The number of aryl methyl sites for hydroxylation is 2. The number of sulfonamides is 2. The summed E-state index contributed by atoms with van der Waals surface area (Å²) in [6.07, 6.45) is 0. The smallest absolute Gasteiger partial charge is 0.264 e. The standard InChI is InChI=1S/C26H28FN3O5S2/c1-20-7-11-22(12-8-20)36(32,33)29-17-15-28(16-18-29)26(31)19-30(25-6-4-3-5-24(25)27)37(34,35)23-13-9-21(2)10-14-23/h3-14H,15-19H2,1-2H3. The zero-order valence-corrected chi connectivity index (χ0v) is 22.2. The Balaban J connectivity index is 1.53. The maximum atomic E-state index is 14.7. The molecule has 0 radical (unpaired) electrons. The van der Waals surface area contributed by atoms with Crippen molar-refractivity contribution in [1.29, 1.82) is 0 Å². The van der Waals surface area contributed by atoms with Crippen molar-refractivity contribution < 1.29 is 26.0 Å². The Kier molecular flexibility index (Phi) is 7.67.